The molecule has 0 radical (unpaired) electrons. The van der Waals surface area contributed by atoms with Gasteiger partial charge in [0.25, 0.3) is 0 Å². The third kappa shape index (κ3) is 2.30. The number of nitrogens with one attached hydrogen (secondary N) is 1. The van der Waals surface area contributed by atoms with Crippen LogP contribution in [0.3, 0.4) is 0 Å². The molecular weight excluding hydrogens is 182 g/mol. The molecule has 0 bridgehead atoms. The summed E-state index contributed by atoms with van der Waals surface area (Å²) in [7, 11) is 0. The van der Waals surface area contributed by atoms with Crippen molar-refractivity contribution < 1.29 is 4.74 Å². The van der Waals surface area contributed by atoms with E-state index in [0.29, 0.717) is 0 Å². The van der Waals surface area contributed by atoms with Crippen LogP contribution in [0.15, 0.2) is 12.3 Å². The van der Waals surface area contributed by atoms with E-state index in [4.69, 9.17) is 10.5 Å². The number of nitrogen functional groups attached to an aromatic ring is 1. The van der Waals surface area contributed by atoms with E-state index in [1.54, 1.807) is 12.3 Å². The van der Waals surface area contributed by atoms with E-state index < -0.39 is 0 Å². The van der Waals surface area contributed by atoms with Crippen molar-refractivity contribution in [1.82, 2.24) is 15.0 Å². The third-order valence-corrected chi connectivity index (χ3v) is 1.96. The summed E-state index contributed by atoms with van der Waals surface area (Å²) in [5.74, 6) is 1.00. The lowest BCUT2D eigenvalue weighted by Crippen LogP contribution is -2.40. The van der Waals surface area contributed by atoms with E-state index in [9.17, 15) is 0 Å². The summed E-state index contributed by atoms with van der Waals surface area (Å²) in [6.45, 7) is 3.19. The van der Waals surface area contributed by atoms with E-state index in [-0.39, 0.29) is 5.95 Å². The average Bonchev–Trinajstić information content (AvgIpc) is 2.19. The summed E-state index contributed by atoms with van der Waals surface area (Å²) in [5.41, 5.74) is 8.60. The highest BCUT2D eigenvalue weighted by Gasteiger charge is 2.10. The number of hydrazine groups is 1. The summed E-state index contributed by atoms with van der Waals surface area (Å²) < 4.78 is 5.22. The average molecular weight is 195 g/mol. The molecule has 0 aliphatic carbocycles. The first-order chi connectivity index (χ1) is 6.84. The fourth-order valence-electron chi connectivity index (χ4n) is 1.27. The molecule has 1 aliphatic rings. The van der Waals surface area contributed by atoms with Crippen molar-refractivity contribution in [2.75, 3.05) is 37.5 Å². The molecule has 6 heteroatoms. The Hall–Kier alpha value is -1.40. The van der Waals surface area contributed by atoms with Crippen LogP contribution < -0.4 is 11.2 Å². The largest absolute Gasteiger partial charge is 0.379 e. The highest BCUT2D eigenvalue weighted by molar-refractivity contribution is 5.36. The van der Waals surface area contributed by atoms with Crippen LogP contribution in [0.5, 0.6) is 0 Å². The number of anilines is 2. The van der Waals surface area contributed by atoms with Crippen molar-refractivity contribution in [1.29, 1.82) is 0 Å². The molecule has 2 rings (SSSR count). The first kappa shape index (κ1) is 9.17. The third-order valence-electron chi connectivity index (χ3n) is 1.96. The van der Waals surface area contributed by atoms with Gasteiger partial charge in [0.05, 0.1) is 13.2 Å². The van der Waals surface area contributed by atoms with Crippen LogP contribution >= 0.6 is 0 Å². The van der Waals surface area contributed by atoms with Gasteiger partial charge in [-0.3, -0.25) is 0 Å². The predicted octanol–water partition coefficient (Wildman–Crippen LogP) is -0.282. The van der Waals surface area contributed by atoms with Crippen LogP contribution in [0.4, 0.5) is 11.8 Å². The molecule has 2 heterocycles. The van der Waals surface area contributed by atoms with Crippen molar-refractivity contribution in [3.63, 3.8) is 0 Å². The molecule has 3 N–H and O–H groups in total. The van der Waals surface area contributed by atoms with Gasteiger partial charge in [-0.05, 0) is 0 Å². The first-order valence-electron chi connectivity index (χ1n) is 4.52. The number of nitrogens with two attached hydrogens (primary N) is 1. The lowest BCUT2D eigenvalue weighted by atomic mass is 10.5. The molecule has 76 valence electrons. The van der Waals surface area contributed by atoms with E-state index in [1.165, 1.54) is 0 Å². The molecule has 0 atom stereocenters. The molecule has 1 fully saturated rings. The SMILES string of the molecule is Nc1nccc(NN2CCOCC2)n1. The van der Waals surface area contributed by atoms with Gasteiger partial charge in [0.15, 0.2) is 0 Å². The number of morpholine rings is 1. The Kier molecular flexibility index (Phi) is 2.76. The van der Waals surface area contributed by atoms with Gasteiger partial charge < -0.3 is 15.9 Å². The molecule has 0 saturated carbocycles. The normalized spacial score (nSPS) is 18.0. The van der Waals surface area contributed by atoms with Gasteiger partial charge in [0.1, 0.15) is 5.82 Å². The Bertz CT molecular complexity index is 300. The van der Waals surface area contributed by atoms with Crippen LogP contribution in [0.2, 0.25) is 0 Å². The maximum Gasteiger partial charge on any atom is 0.221 e. The molecule has 1 aromatic rings. The Labute approximate surface area is 82.1 Å². The first-order valence-corrected chi connectivity index (χ1v) is 4.52. The molecular formula is C8H13N5O. The number of nitrogens with zero attached hydrogens (tertiary/aromatic N) is 3. The van der Waals surface area contributed by atoms with Gasteiger partial charge in [0, 0.05) is 25.4 Å². The van der Waals surface area contributed by atoms with Crippen LogP contribution in [-0.4, -0.2) is 41.3 Å². The topological polar surface area (TPSA) is 76.3 Å². The second-order valence-corrected chi connectivity index (χ2v) is 3.01. The smallest absolute Gasteiger partial charge is 0.221 e. The highest BCUT2D eigenvalue weighted by atomic mass is 16.5. The van der Waals surface area contributed by atoms with Gasteiger partial charge >= 0.3 is 0 Å². The zero-order valence-corrected chi connectivity index (χ0v) is 7.81. The van der Waals surface area contributed by atoms with Crippen molar-refractivity contribution in [2.45, 2.75) is 0 Å². The summed E-state index contributed by atoms with van der Waals surface area (Å²) in [6, 6.07) is 1.78. The number of hydrogen-bond acceptors (Lipinski definition) is 6. The van der Waals surface area contributed by atoms with Gasteiger partial charge in [-0.2, -0.15) is 4.98 Å². The maximum absolute atomic E-state index is 5.46. The molecule has 1 aliphatic heterocycles. The molecule has 1 saturated heterocycles. The minimum Gasteiger partial charge on any atom is -0.379 e. The van der Waals surface area contributed by atoms with Gasteiger partial charge in [-0.1, -0.05) is 0 Å². The predicted molar refractivity (Wildman–Crippen MR) is 52.5 cm³/mol. The zero-order chi connectivity index (χ0) is 9.80. The van der Waals surface area contributed by atoms with E-state index in [2.05, 4.69) is 15.4 Å². The fraction of sp³-hybridized carbons (Fsp3) is 0.500. The number of aromatic nitrogens is 2. The molecule has 1 aromatic heterocycles. The number of rotatable bonds is 2. The fourth-order valence-corrected chi connectivity index (χ4v) is 1.27. The summed E-state index contributed by atoms with van der Waals surface area (Å²) in [4.78, 5) is 7.86. The van der Waals surface area contributed by atoms with Crippen molar-refractivity contribution in [3.8, 4) is 0 Å². The van der Waals surface area contributed by atoms with Crippen LogP contribution in [0.1, 0.15) is 0 Å². The quantitative estimate of drug-likeness (QED) is 0.675. The second-order valence-electron chi connectivity index (χ2n) is 3.01. The van der Waals surface area contributed by atoms with Gasteiger partial charge in [-0.25, -0.2) is 9.99 Å². The molecule has 0 spiro atoms. The summed E-state index contributed by atoms with van der Waals surface area (Å²) >= 11 is 0. The number of hydrogen-bond donors (Lipinski definition) is 2. The Morgan fingerprint density at radius 2 is 2.21 bits per heavy atom. The van der Waals surface area contributed by atoms with Crippen molar-refractivity contribution in [3.05, 3.63) is 12.3 Å². The second kappa shape index (κ2) is 4.21. The maximum atomic E-state index is 5.46. The Morgan fingerprint density at radius 3 is 2.93 bits per heavy atom. The molecule has 0 aromatic carbocycles. The molecule has 0 unspecified atom stereocenters. The standard InChI is InChI=1S/C8H13N5O/c9-8-10-2-1-7(11-8)12-13-3-5-14-6-4-13/h1-2H,3-6H2,(H3,9,10,11,12). The molecule has 0 amide bonds. The minimum atomic E-state index is 0.281. The minimum absolute atomic E-state index is 0.281. The van der Waals surface area contributed by atoms with E-state index >= 15 is 0 Å². The number of ether oxygens (including phenoxy) is 1. The van der Waals surface area contributed by atoms with E-state index in [0.717, 1.165) is 32.1 Å². The van der Waals surface area contributed by atoms with Crippen molar-refractivity contribution in [2.24, 2.45) is 0 Å². The highest BCUT2D eigenvalue weighted by Crippen LogP contribution is 2.05. The zero-order valence-electron chi connectivity index (χ0n) is 7.81. The molecule has 14 heavy (non-hydrogen) atoms. The van der Waals surface area contributed by atoms with Crippen LogP contribution in [0.25, 0.3) is 0 Å². The summed E-state index contributed by atoms with van der Waals surface area (Å²) in [6.07, 6.45) is 1.63. The van der Waals surface area contributed by atoms with Crippen LogP contribution in [-0.2, 0) is 4.74 Å². The lowest BCUT2D eigenvalue weighted by molar-refractivity contribution is 0.0495. The monoisotopic (exact) mass is 195 g/mol. The van der Waals surface area contributed by atoms with Crippen molar-refractivity contribution >= 4 is 11.8 Å². The van der Waals surface area contributed by atoms with E-state index in [1.807, 2.05) is 5.01 Å². The Balaban J connectivity index is 1.95. The van der Waals surface area contributed by atoms with Gasteiger partial charge in [-0.15, -0.1) is 0 Å². The van der Waals surface area contributed by atoms with Crippen LogP contribution in [0, 0.1) is 0 Å². The Morgan fingerprint density at radius 1 is 1.43 bits per heavy atom. The lowest BCUT2D eigenvalue weighted by Gasteiger charge is -2.27. The molecule has 6 nitrogen and oxygen atoms in total. The summed E-state index contributed by atoms with van der Waals surface area (Å²) in [5, 5.41) is 2.05. The van der Waals surface area contributed by atoms with Gasteiger partial charge in [0.2, 0.25) is 5.95 Å².